The Balaban J connectivity index is 2.45. The van der Waals surface area contributed by atoms with E-state index in [2.05, 4.69) is 39.3 Å². The fourth-order valence-corrected chi connectivity index (χ4v) is 2.92. The van der Waals surface area contributed by atoms with E-state index in [0.29, 0.717) is 0 Å². The summed E-state index contributed by atoms with van der Waals surface area (Å²) in [6, 6.07) is 7.96. The van der Waals surface area contributed by atoms with Gasteiger partial charge in [0.15, 0.2) is 0 Å². The van der Waals surface area contributed by atoms with Crippen LogP contribution in [0.1, 0.15) is 30.6 Å². The number of nitrogens with one attached hydrogen (secondary N) is 1. The number of benzene rings is 1. The number of hydrogen-bond donors (Lipinski definition) is 1. The lowest BCUT2D eigenvalue weighted by molar-refractivity contribution is 0.552. The van der Waals surface area contributed by atoms with E-state index >= 15 is 0 Å². The molecule has 0 saturated heterocycles. The molecule has 1 heterocycles. The van der Waals surface area contributed by atoms with Gasteiger partial charge in [-0.15, -0.1) is 0 Å². The second-order valence-corrected chi connectivity index (χ2v) is 5.67. The minimum Gasteiger partial charge on any atom is -0.305 e. The van der Waals surface area contributed by atoms with Crippen LogP contribution in [0.3, 0.4) is 0 Å². The standard InChI is InChI=1S/C14H17BrClN3/c1-3-8-17-13(10-6-4-5-7-12(10)16)14-11(15)9-18-19(14)2/h4-7,9,13,17H,3,8H2,1-2H3. The first-order valence-electron chi connectivity index (χ1n) is 6.30. The van der Waals surface area contributed by atoms with E-state index in [4.69, 9.17) is 11.6 Å². The van der Waals surface area contributed by atoms with E-state index in [-0.39, 0.29) is 6.04 Å². The zero-order chi connectivity index (χ0) is 13.8. The van der Waals surface area contributed by atoms with E-state index in [9.17, 15) is 0 Å². The lowest BCUT2D eigenvalue weighted by atomic mass is 10.0. The maximum Gasteiger partial charge on any atom is 0.0774 e. The van der Waals surface area contributed by atoms with Crippen LogP contribution in [0.25, 0.3) is 0 Å². The highest BCUT2D eigenvalue weighted by molar-refractivity contribution is 9.10. The van der Waals surface area contributed by atoms with Gasteiger partial charge in [-0.3, -0.25) is 4.68 Å². The smallest absolute Gasteiger partial charge is 0.0774 e. The molecule has 1 unspecified atom stereocenters. The van der Waals surface area contributed by atoms with E-state index in [1.807, 2.05) is 36.1 Å². The van der Waals surface area contributed by atoms with Gasteiger partial charge in [0, 0.05) is 12.1 Å². The molecule has 0 radical (unpaired) electrons. The third-order valence-electron chi connectivity index (χ3n) is 3.03. The van der Waals surface area contributed by atoms with Gasteiger partial charge in [-0.25, -0.2) is 0 Å². The van der Waals surface area contributed by atoms with Crippen molar-refractivity contribution in [3.05, 3.63) is 51.2 Å². The largest absolute Gasteiger partial charge is 0.305 e. The molecule has 0 aliphatic rings. The van der Waals surface area contributed by atoms with E-state index < -0.39 is 0 Å². The van der Waals surface area contributed by atoms with Crippen LogP contribution in [0.4, 0.5) is 0 Å². The Bertz CT molecular complexity index is 534. The van der Waals surface area contributed by atoms with Crippen LogP contribution < -0.4 is 5.32 Å². The van der Waals surface area contributed by atoms with Crippen molar-refractivity contribution in [3.8, 4) is 0 Å². The SMILES string of the molecule is CCCNC(c1ccccc1Cl)c1c(Br)cnn1C. The van der Waals surface area contributed by atoms with E-state index in [1.165, 1.54) is 0 Å². The van der Waals surface area contributed by atoms with E-state index in [1.54, 1.807) is 0 Å². The van der Waals surface area contributed by atoms with Crippen molar-refractivity contribution < 1.29 is 0 Å². The molecule has 0 aliphatic carbocycles. The molecule has 0 fully saturated rings. The van der Waals surface area contributed by atoms with Crippen molar-refractivity contribution >= 4 is 27.5 Å². The molecule has 1 atom stereocenters. The molecule has 0 saturated carbocycles. The Morgan fingerprint density at radius 3 is 2.74 bits per heavy atom. The van der Waals surface area contributed by atoms with Crippen LogP contribution >= 0.6 is 27.5 Å². The Kier molecular flexibility index (Phi) is 5.02. The quantitative estimate of drug-likeness (QED) is 0.892. The summed E-state index contributed by atoms with van der Waals surface area (Å²) < 4.78 is 2.87. The van der Waals surface area contributed by atoms with Gasteiger partial charge in [-0.1, -0.05) is 36.7 Å². The average molecular weight is 343 g/mol. The van der Waals surface area contributed by atoms with Gasteiger partial charge in [-0.05, 0) is 40.5 Å². The van der Waals surface area contributed by atoms with Gasteiger partial charge in [0.25, 0.3) is 0 Å². The molecular weight excluding hydrogens is 326 g/mol. The number of aryl methyl sites for hydroxylation is 1. The monoisotopic (exact) mass is 341 g/mol. The lowest BCUT2D eigenvalue weighted by Gasteiger charge is -2.21. The maximum absolute atomic E-state index is 6.33. The fourth-order valence-electron chi connectivity index (χ4n) is 2.10. The first-order chi connectivity index (χ1) is 9.15. The Labute approximate surface area is 127 Å². The average Bonchev–Trinajstić information content (AvgIpc) is 2.73. The summed E-state index contributed by atoms with van der Waals surface area (Å²) in [5.74, 6) is 0. The summed E-state index contributed by atoms with van der Waals surface area (Å²) in [5.41, 5.74) is 2.16. The summed E-state index contributed by atoms with van der Waals surface area (Å²) >= 11 is 9.90. The van der Waals surface area contributed by atoms with Crippen molar-refractivity contribution in [1.82, 2.24) is 15.1 Å². The van der Waals surface area contributed by atoms with Crippen LogP contribution in [-0.4, -0.2) is 16.3 Å². The zero-order valence-corrected chi connectivity index (χ0v) is 13.4. The van der Waals surface area contributed by atoms with Crippen molar-refractivity contribution in [2.45, 2.75) is 19.4 Å². The van der Waals surface area contributed by atoms with Gasteiger partial charge in [-0.2, -0.15) is 5.10 Å². The molecule has 0 aliphatic heterocycles. The predicted octanol–water partition coefficient (Wildman–Crippen LogP) is 3.93. The number of nitrogens with zero attached hydrogens (tertiary/aromatic N) is 2. The molecule has 1 N–H and O–H groups in total. The first kappa shape index (κ1) is 14.6. The highest BCUT2D eigenvalue weighted by Crippen LogP contribution is 2.31. The normalized spacial score (nSPS) is 12.6. The molecule has 0 spiro atoms. The highest BCUT2D eigenvalue weighted by Gasteiger charge is 2.21. The number of halogens is 2. The molecule has 0 amide bonds. The summed E-state index contributed by atoms with van der Waals surface area (Å²) in [6.07, 6.45) is 2.88. The summed E-state index contributed by atoms with van der Waals surface area (Å²) in [4.78, 5) is 0. The van der Waals surface area contributed by atoms with Crippen LogP contribution in [0, 0.1) is 0 Å². The maximum atomic E-state index is 6.33. The Morgan fingerprint density at radius 2 is 2.16 bits per heavy atom. The van der Waals surface area contributed by atoms with Gasteiger partial charge in [0.05, 0.1) is 22.4 Å². The predicted molar refractivity (Wildman–Crippen MR) is 82.5 cm³/mol. The second kappa shape index (κ2) is 6.55. The summed E-state index contributed by atoms with van der Waals surface area (Å²) in [5, 5.41) is 8.59. The van der Waals surface area contributed by atoms with E-state index in [0.717, 1.165) is 33.7 Å². The van der Waals surface area contributed by atoms with Crippen molar-refractivity contribution in [1.29, 1.82) is 0 Å². The molecule has 3 nitrogen and oxygen atoms in total. The number of aromatic nitrogens is 2. The minimum absolute atomic E-state index is 0.0375. The molecule has 5 heteroatoms. The summed E-state index contributed by atoms with van der Waals surface area (Å²) in [7, 11) is 1.94. The topological polar surface area (TPSA) is 29.9 Å². The first-order valence-corrected chi connectivity index (χ1v) is 7.47. The van der Waals surface area contributed by atoms with Gasteiger partial charge < -0.3 is 5.32 Å². The summed E-state index contributed by atoms with van der Waals surface area (Å²) in [6.45, 7) is 3.07. The van der Waals surface area contributed by atoms with Crippen LogP contribution in [0.15, 0.2) is 34.9 Å². The third kappa shape index (κ3) is 3.19. The minimum atomic E-state index is 0.0375. The third-order valence-corrected chi connectivity index (χ3v) is 3.98. The highest BCUT2D eigenvalue weighted by atomic mass is 79.9. The fraction of sp³-hybridized carbons (Fsp3) is 0.357. The van der Waals surface area contributed by atoms with Gasteiger partial charge in [0.2, 0.25) is 0 Å². The second-order valence-electron chi connectivity index (χ2n) is 4.41. The molecular formula is C14H17BrClN3. The Morgan fingerprint density at radius 1 is 1.42 bits per heavy atom. The van der Waals surface area contributed by atoms with Gasteiger partial charge in [0.1, 0.15) is 0 Å². The molecule has 102 valence electrons. The van der Waals surface area contributed by atoms with Crippen LogP contribution in [0.5, 0.6) is 0 Å². The van der Waals surface area contributed by atoms with Gasteiger partial charge >= 0.3 is 0 Å². The molecule has 2 aromatic rings. The molecule has 1 aromatic heterocycles. The molecule has 2 rings (SSSR count). The number of hydrogen-bond acceptors (Lipinski definition) is 2. The molecule has 19 heavy (non-hydrogen) atoms. The Hall–Kier alpha value is -0.840. The zero-order valence-electron chi connectivity index (χ0n) is 11.0. The van der Waals surface area contributed by atoms with Crippen molar-refractivity contribution in [2.24, 2.45) is 7.05 Å². The van der Waals surface area contributed by atoms with Crippen LogP contribution in [0.2, 0.25) is 5.02 Å². The molecule has 1 aromatic carbocycles. The van der Waals surface area contributed by atoms with Crippen molar-refractivity contribution in [2.75, 3.05) is 6.54 Å². The lowest BCUT2D eigenvalue weighted by Crippen LogP contribution is -2.25. The van der Waals surface area contributed by atoms with Crippen LogP contribution in [-0.2, 0) is 7.05 Å². The van der Waals surface area contributed by atoms with Crippen molar-refractivity contribution in [3.63, 3.8) is 0 Å². The number of rotatable bonds is 5. The molecule has 0 bridgehead atoms.